The number of pyridine rings is 1. The Labute approximate surface area is 178 Å². The summed E-state index contributed by atoms with van der Waals surface area (Å²) < 4.78 is 24.2. The van der Waals surface area contributed by atoms with Crippen LogP contribution >= 0.6 is 11.6 Å². The molecule has 7 nitrogen and oxygen atoms in total. The molecule has 0 saturated heterocycles. The first-order chi connectivity index (χ1) is 14.4. The molecule has 156 valence electrons. The third-order valence-corrected chi connectivity index (χ3v) is 4.23. The maximum absolute atomic E-state index is 13.8. The summed E-state index contributed by atoms with van der Waals surface area (Å²) in [6, 6.07) is 9.39. The molecule has 2 N–H and O–H groups in total. The number of hydrogen-bond acceptors (Lipinski definition) is 7. The summed E-state index contributed by atoms with van der Waals surface area (Å²) in [5.41, 5.74) is 7.50. The lowest BCUT2D eigenvalue weighted by Gasteiger charge is -2.11. The third kappa shape index (κ3) is 5.95. The van der Waals surface area contributed by atoms with Crippen molar-refractivity contribution in [3.8, 4) is 22.9 Å². The largest absolute Gasteiger partial charge is 0.466 e. The molecule has 0 radical (unpaired) electrons. The van der Waals surface area contributed by atoms with Crippen LogP contribution in [0.15, 0.2) is 48.8 Å². The van der Waals surface area contributed by atoms with Gasteiger partial charge in [0, 0.05) is 30.4 Å². The van der Waals surface area contributed by atoms with E-state index >= 15 is 0 Å². The molecule has 0 saturated carbocycles. The molecule has 1 aromatic carbocycles. The van der Waals surface area contributed by atoms with E-state index in [1.54, 1.807) is 43.5 Å². The van der Waals surface area contributed by atoms with E-state index in [-0.39, 0.29) is 23.3 Å². The maximum Gasteiger partial charge on any atom is 0.307 e. The lowest BCUT2D eigenvalue weighted by atomic mass is 10.1. The number of nitrogens with zero attached hydrogens (tertiary/aromatic N) is 3. The fourth-order valence-corrected chi connectivity index (χ4v) is 2.83. The Morgan fingerprint density at radius 1 is 1.23 bits per heavy atom. The number of hydrogen-bond donors (Lipinski definition) is 1. The third-order valence-electron chi connectivity index (χ3n) is 4.02. The zero-order valence-corrected chi connectivity index (χ0v) is 17.0. The summed E-state index contributed by atoms with van der Waals surface area (Å²) in [7, 11) is 0. The Hall–Kier alpha value is -3.10. The summed E-state index contributed by atoms with van der Waals surface area (Å²) in [6.07, 6.45) is 3.38. The van der Waals surface area contributed by atoms with Gasteiger partial charge in [-0.25, -0.2) is 19.3 Å². The van der Waals surface area contributed by atoms with Gasteiger partial charge in [0.1, 0.15) is 11.6 Å². The van der Waals surface area contributed by atoms with Gasteiger partial charge in [-0.2, -0.15) is 0 Å². The average molecular weight is 431 g/mol. The standard InChI is InChI=1S/C21H20ClFN4O3/c1-2-29-20(28)11-15(24)10-19-25-8-7-18(27-19)13-3-5-16(6-4-13)30-21-17(23)9-14(22)12-26-21/h3-9,12,15H,2,10-11,24H2,1H3. The van der Waals surface area contributed by atoms with Crippen molar-refractivity contribution in [3.63, 3.8) is 0 Å². The van der Waals surface area contributed by atoms with E-state index in [4.69, 9.17) is 26.8 Å². The second-order valence-electron chi connectivity index (χ2n) is 6.40. The van der Waals surface area contributed by atoms with Crippen molar-refractivity contribution >= 4 is 17.6 Å². The number of benzene rings is 1. The molecule has 0 fully saturated rings. The second-order valence-corrected chi connectivity index (χ2v) is 6.83. The summed E-state index contributed by atoms with van der Waals surface area (Å²) in [5.74, 6) is -0.211. The van der Waals surface area contributed by atoms with Crippen LogP contribution in [0, 0.1) is 5.82 Å². The normalized spacial score (nSPS) is 11.7. The second kappa shape index (κ2) is 10.1. The van der Waals surface area contributed by atoms with E-state index in [2.05, 4.69) is 15.0 Å². The van der Waals surface area contributed by atoms with Crippen LogP contribution in [-0.4, -0.2) is 33.6 Å². The molecule has 2 heterocycles. The van der Waals surface area contributed by atoms with Gasteiger partial charge in [0.15, 0.2) is 5.82 Å². The molecule has 0 aliphatic rings. The van der Waals surface area contributed by atoms with Gasteiger partial charge >= 0.3 is 5.97 Å². The zero-order chi connectivity index (χ0) is 21.5. The number of carbonyl (C=O) groups excluding carboxylic acids is 1. The van der Waals surface area contributed by atoms with Crippen LogP contribution in [0.3, 0.4) is 0 Å². The molecule has 9 heteroatoms. The molecule has 0 spiro atoms. The van der Waals surface area contributed by atoms with Crippen LogP contribution in [0.25, 0.3) is 11.3 Å². The van der Waals surface area contributed by atoms with E-state index in [1.165, 1.54) is 6.20 Å². The smallest absolute Gasteiger partial charge is 0.307 e. The lowest BCUT2D eigenvalue weighted by molar-refractivity contribution is -0.143. The highest BCUT2D eigenvalue weighted by molar-refractivity contribution is 6.30. The average Bonchev–Trinajstić information content (AvgIpc) is 2.71. The number of nitrogens with two attached hydrogens (primary N) is 1. The molecular formula is C21H20ClFN4O3. The van der Waals surface area contributed by atoms with Crippen LogP contribution in [0.2, 0.25) is 5.02 Å². The number of halogens is 2. The van der Waals surface area contributed by atoms with Crippen LogP contribution in [0.5, 0.6) is 11.6 Å². The molecule has 30 heavy (non-hydrogen) atoms. The molecule has 3 rings (SSSR count). The van der Waals surface area contributed by atoms with Gasteiger partial charge in [-0.3, -0.25) is 4.79 Å². The number of rotatable bonds is 8. The number of carbonyl (C=O) groups is 1. The van der Waals surface area contributed by atoms with E-state index in [9.17, 15) is 9.18 Å². The fraction of sp³-hybridized carbons (Fsp3) is 0.238. The summed E-state index contributed by atoms with van der Waals surface area (Å²) in [5, 5.41) is 0.191. The Bertz CT molecular complexity index is 1020. The van der Waals surface area contributed by atoms with Crippen molar-refractivity contribution in [2.45, 2.75) is 25.8 Å². The summed E-state index contributed by atoms with van der Waals surface area (Å²) in [6.45, 7) is 2.06. The minimum atomic E-state index is -0.647. The first-order valence-corrected chi connectivity index (χ1v) is 9.65. The zero-order valence-electron chi connectivity index (χ0n) is 16.2. The maximum atomic E-state index is 13.8. The Morgan fingerprint density at radius 3 is 2.70 bits per heavy atom. The molecule has 3 aromatic rings. The molecule has 0 aliphatic carbocycles. The number of esters is 1. The Kier molecular flexibility index (Phi) is 7.26. The van der Waals surface area contributed by atoms with Crippen molar-refractivity contribution in [3.05, 3.63) is 65.5 Å². The highest BCUT2D eigenvalue weighted by atomic mass is 35.5. The van der Waals surface area contributed by atoms with Gasteiger partial charge in [-0.15, -0.1) is 0 Å². The highest BCUT2D eigenvalue weighted by Gasteiger charge is 2.13. The van der Waals surface area contributed by atoms with Crippen molar-refractivity contribution in [2.24, 2.45) is 5.73 Å². The SMILES string of the molecule is CCOC(=O)CC(N)Cc1nccc(-c2ccc(Oc3ncc(Cl)cc3F)cc2)n1. The fourth-order valence-electron chi connectivity index (χ4n) is 2.68. The lowest BCUT2D eigenvalue weighted by Crippen LogP contribution is -2.28. The molecule has 0 bridgehead atoms. The molecule has 1 atom stereocenters. The van der Waals surface area contributed by atoms with Crippen LogP contribution in [0.1, 0.15) is 19.2 Å². The van der Waals surface area contributed by atoms with Gasteiger partial charge in [0.25, 0.3) is 5.88 Å². The molecule has 0 amide bonds. The van der Waals surface area contributed by atoms with Gasteiger partial charge in [0.05, 0.1) is 23.7 Å². The van der Waals surface area contributed by atoms with Gasteiger partial charge < -0.3 is 15.2 Å². The number of aromatic nitrogens is 3. The molecule has 1 unspecified atom stereocenters. The predicted octanol–water partition coefficient (Wildman–Crippen LogP) is 3.95. The first kappa shape index (κ1) is 21.6. The van der Waals surface area contributed by atoms with Crippen LogP contribution < -0.4 is 10.5 Å². The van der Waals surface area contributed by atoms with E-state index in [1.807, 2.05) is 0 Å². The molecule has 2 aromatic heterocycles. The van der Waals surface area contributed by atoms with E-state index < -0.39 is 11.9 Å². The molecular weight excluding hydrogens is 411 g/mol. The highest BCUT2D eigenvalue weighted by Crippen LogP contribution is 2.26. The quantitative estimate of drug-likeness (QED) is 0.540. The van der Waals surface area contributed by atoms with Crippen molar-refractivity contribution in [2.75, 3.05) is 6.61 Å². The first-order valence-electron chi connectivity index (χ1n) is 9.27. The van der Waals surface area contributed by atoms with Crippen LogP contribution in [-0.2, 0) is 16.0 Å². The van der Waals surface area contributed by atoms with Crippen molar-refractivity contribution in [1.82, 2.24) is 15.0 Å². The summed E-state index contributed by atoms with van der Waals surface area (Å²) in [4.78, 5) is 24.1. The topological polar surface area (TPSA) is 100 Å². The monoisotopic (exact) mass is 430 g/mol. The summed E-state index contributed by atoms with van der Waals surface area (Å²) >= 11 is 5.69. The number of ether oxygens (including phenoxy) is 2. The predicted molar refractivity (Wildman–Crippen MR) is 110 cm³/mol. The van der Waals surface area contributed by atoms with E-state index in [0.717, 1.165) is 11.6 Å². The minimum absolute atomic E-state index is 0.1000. The van der Waals surface area contributed by atoms with Gasteiger partial charge in [0.2, 0.25) is 0 Å². The van der Waals surface area contributed by atoms with Crippen molar-refractivity contribution < 1.29 is 18.7 Å². The van der Waals surface area contributed by atoms with Crippen LogP contribution in [0.4, 0.5) is 4.39 Å². The van der Waals surface area contributed by atoms with Gasteiger partial charge in [-0.05, 0) is 43.3 Å². The minimum Gasteiger partial charge on any atom is -0.466 e. The van der Waals surface area contributed by atoms with Crippen molar-refractivity contribution in [1.29, 1.82) is 0 Å². The Morgan fingerprint density at radius 2 is 2.00 bits per heavy atom. The van der Waals surface area contributed by atoms with Gasteiger partial charge in [-0.1, -0.05) is 11.6 Å². The Balaban J connectivity index is 1.67. The molecule has 0 aliphatic heterocycles. The van der Waals surface area contributed by atoms with E-state index in [0.29, 0.717) is 30.3 Å².